The SMILES string of the molecule is COc1cc(NC(=O)CN(C)Cc2c(C)nn(-c3ccccc3)c2C)cc(OC)c1. The molecule has 0 aliphatic carbocycles. The van der Waals surface area contributed by atoms with Crippen molar-refractivity contribution in [2.24, 2.45) is 0 Å². The highest BCUT2D eigenvalue weighted by Gasteiger charge is 2.16. The second kappa shape index (κ2) is 9.45. The lowest BCUT2D eigenvalue weighted by atomic mass is 10.2. The van der Waals surface area contributed by atoms with Crippen molar-refractivity contribution in [2.75, 3.05) is 33.1 Å². The van der Waals surface area contributed by atoms with Gasteiger partial charge in [-0.3, -0.25) is 9.69 Å². The smallest absolute Gasteiger partial charge is 0.238 e. The number of aromatic nitrogens is 2. The zero-order valence-corrected chi connectivity index (χ0v) is 18.1. The fraction of sp³-hybridized carbons (Fsp3) is 0.304. The standard InChI is InChI=1S/C23H28N4O3/c1-16-22(17(2)27(25-16)19-9-7-6-8-10-19)14-26(3)15-23(28)24-18-11-20(29-4)13-21(12-18)30-5/h6-13H,14-15H2,1-5H3,(H,24,28). The van der Waals surface area contributed by atoms with Gasteiger partial charge in [0.25, 0.3) is 0 Å². The van der Waals surface area contributed by atoms with Gasteiger partial charge in [0, 0.05) is 41.7 Å². The van der Waals surface area contributed by atoms with E-state index in [2.05, 4.69) is 17.3 Å². The van der Waals surface area contributed by atoms with Gasteiger partial charge in [0.05, 0.1) is 32.1 Å². The van der Waals surface area contributed by atoms with Gasteiger partial charge in [-0.15, -0.1) is 0 Å². The van der Waals surface area contributed by atoms with Crippen LogP contribution in [-0.2, 0) is 11.3 Å². The summed E-state index contributed by atoms with van der Waals surface area (Å²) in [6, 6.07) is 15.3. The number of carbonyl (C=O) groups excluding carboxylic acids is 1. The molecule has 0 bridgehead atoms. The van der Waals surface area contributed by atoms with E-state index in [0.717, 1.165) is 22.6 Å². The molecule has 0 atom stereocenters. The Bertz CT molecular complexity index is 993. The molecule has 3 aromatic rings. The number of aryl methyl sites for hydroxylation is 1. The maximum atomic E-state index is 12.6. The average molecular weight is 409 g/mol. The van der Waals surface area contributed by atoms with Crippen LogP contribution in [0.15, 0.2) is 48.5 Å². The lowest BCUT2D eigenvalue weighted by Crippen LogP contribution is -2.30. The normalized spacial score (nSPS) is 10.9. The monoisotopic (exact) mass is 408 g/mol. The van der Waals surface area contributed by atoms with Gasteiger partial charge in [-0.05, 0) is 33.0 Å². The summed E-state index contributed by atoms with van der Waals surface area (Å²) in [5.74, 6) is 1.13. The van der Waals surface area contributed by atoms with E-state index in [4.69, 9.17) is 9.47 Å². The minimum atomic E-state index is -0.112. The second-order valence-corrected chi connectivity index (χ2v) is 7.22. The number of hydrogen-bond acceptors (Lipinski definition) is 5. The summed E-state index contributed by atoms with van der Waals surface area (Å²) in [4.78, 5) is 14.5. The number of anilines is 1. The van der Waals surface area contributed by atoms with Crippen molar-refractivity contribution in [3.63, 3.8) is 0 Å². The molecule has 30 heavy (non-hydrogen) atoms. The number of likely N-dealkylation sites (N-methyl/N-ethyl adjacent to an activating group) is 1. The fourth-order valence-electron chi connectivity index (χ4n) is 3.38. The number of methoxy groups -OCH3 is 2. The number of nitrogens with zero attached hydrogens (tertiary/aromatic N) is 3. The number of hydrogen-bond donors (Lipinski definition) is 1. The van der Waals surface area contributed by atoms with Gasteiger partial charge in [0.15, 0.2) is 0 Å². The van der Waals surface area contributed by atoms with Gasteiger partial charge >= 0.3 is 0 Å². The third-order valence-electron chi connectivity index (χ3n) is 4.92. The molecule has 1 N–H and O–H groups in total. The summed E-state index contributed by atoms with van der Waals surface area (Å²) in [5.41, 5.74) is 4.81. The topological polar surface area (TPSA) is 68.6 Å². The summed E-state index contributed by atoms with van der Waals surface area (Å²) in [7, 11) is 5.08. The van der Waals surface area contributed by atoms with E-state index in [9.17, 15) is 4.79 Å². The largest absolute Gasteiger partial charge is 0.497 e. The summed E-state index contributed by atoms with van der Waals surface area (Å²) >= 11 is 0. The summed E-state index contributed by atoms with van der Waals surface area (Å²) in [6.07, 6.45) is 0. The molecule has 0 radical (unpaired) electrons. The molecular formula is C23H28N4O3. The Hall–Kier alpha value is -3.32. The number of rotatable bonds is 8. The molecule has 0 spiro atoms. The van der Waals surface area contributed by atoms with Gasteiger partial charge < -0.3 is 14.8 Å². The maximum absolute atomic E-state index is 12.6. The van der Waals surface area contributed by atoms with E-state index >= 15 is 0 Å². The van der Waals surface area contributed by atoms with E-state index in [-0.39, 0.29) is 12.5 Å². The average Bonchev–Trinajstić information content (AvgIpc) is 3.02. The van der Waals surface area contributed by atoms with Crippen LogP contribution in [0.4, 0.5) is 5.69 Å². The first-order chi connectivity index (χ1) is 14.4. The molecule has 3 rings (SSSR count). The Morgan fingerprint density at radius 2 is 1.70 bits per heavy atom. The maximum Gasteiger partial charge on any atom is 0.238 e. The number of nitrogens with one attached hydrogen (secondary N) is 1. The van der Waals surface area contributed by atoms with Gasteiger partial charge in [0.2, 0.25) is 5.91 Å². The number of ether oxygens (including phenoxy) is 2. The van der Waals surface area contributed by atoms with Crippen LogP contribution >= 0.6 is 0 Å². The second-order valence-electron chi connectivity index (χ2n) is 7.22. The Balaban J connectivity index is 1.67. The Kier molecular flexibility index (Phi) is 6.74. The van der Waals surface area contributed by atoms with Crippen LogP contribution in [0.1, 0.15) is 17.0 Å². The van der Waals surface area contributed by atoms with E-state index < -0.39 is 0 Å². The van der Waals surface area contributed by atoms with Crippen molar-refractivity contribution in [2.45, 2.75) is 20.4 Å². The fourth-order valence-corrected chi connectivity index (χ4v) is 3.38. The van der Waals surface area contributed by atoms with Crippen LogP contribution < -0.4 is 14.8 Å². The molecule has 1 aromatic heterocycles. The van der Waals surface area contributed by atoms with Crippen molar-refractivity contribution in [3.05, 3.63) is 65.5 Å². The highest BCUT2D eigenvalue weighted by Crippen LogP contribution is 2.26. The Morgan fingerprint density at radius 1 is 1.07 bits per heavy atom. The first kappa shape index (κ1) is 21.4. The molecule has 0 unspecified atom stereocenters. The summed E-state index contributed by atoms with van der Waals surface area (Å²) in [6.45, 7) is 4.92. The molecule has 0 saturated heterocycles. The van der Waals surface area contributed by atoms with Gasteiger partial charge in [0.1, 0.15) is 11.5 Å². The molecule has 1 amide bonds. The molecule has 0 fully saturated rings. The first-order valence-corrected chi connectivity index (χ1v) is 9.73. The molecule has 0 aliphatic rings. The Labute approximate surface area is 177 Å². The van der Waals surface area contributed by atoms with Crippen molar-refractivity contribution in [1.82, 2.24) is 14.7 Å². The third-order valence-corrected chi connectivity index (χ3v) is 4.92. The van der Waals surface area contributed by atoms with Crippen LogP contribution in [-0.4, -0.2) is 48.4 Å². The van der Waals surface area contributed by atoms with E-state index in [0.29, 0.717) is 23.7 Å². The molecule has 1 heterocycles. The minimum Gasteiger partial charge on any atom is -0.497 e. The van der Waals surface area contributed by atoms with E-state index in [1.807, 2.05) is 53.9 Å². The van der Waals surface area contributed by atoms with Gasteiger partial charge in [-0.25, -0.2) is 4.68 Å². The van der Waals surface area contributed by atoms with Crippen molar-refractivity contribution in [3.8, 4) is 17.2 Å². The summed E-state index contributed by atoms with van der Waals surface area (Å²) in [5, 5.41) is 7.59. The summed E-state index contributed by atoms with van der Waals surface area (Å²) < 4.78 is 12.5. The van der Waals surface area contributed by atoms with Crippen LogP contribution in [0.3, 0.4) is 0 Å². The molecule has 0 saturated carbocycles. The lowest BCUT2D eigenvalue weighted by molar-refractivity contribution is -0.117. The van der Waals surface area contributed by atoms with Crippen molar-refractivity contribution in [1.29, 1.82) is 0 Å². The Morgan fingerprint density at radius 3 is 2.30 bits per heavy atom. The number of amides is 1. The quantitative estimate of drug-likeness (QED) is 0.617. The lowest BCUT2D eigenvalue weighted by Gasteiger charge is -2.17. The van der Waals surface area contributed by atoms with E-state index in [1.165, 1.54) is 0 Å². The van der Waals surface area contributed by atoms with Crippen LogP contribution in [0, 0.1) is 13.8 Å². The predicted octanol–water partition coefficient (Wildman–Crippen LogP) is 3.58. The zero-order valence-electron chi connectivity index (χ0n) is 18.1. The van der Waals surface area contributed by atoms with Crippen LogP contribution in [0.25, 0.3) is 5.69 Å². The predicted molar refractivity (Wildman–Crippen MR) is 118 cm³/mol. The van der Waals surface area contributed by atoms with E-state index in [1.54, 1.807) is 32.4 Å². The number of benzene rings is 2. The molecule has 7 nitrogen and oxygen atoms in total. The molecular weight excluding hydrogens is 380 g/mol. The van der Waals surface area contributed by atoms with Crippen molar-refractivity contribution >= 4 is 11.6 Å². The van der Waals surface area contributed by atoms with Gasteiger partial charge in [-0.1, -0.05) is 18.2 Å². The molecule has 2 aromatic carbocycles. The minimum absolute atomic E-state index is 0.112. The molecule has 0 aliphatic heterocycles. The number of para-hydroxylation sites is 1. The first-order valence-electron chi connectivity index (χ1n) is 9.73. The van der Waals surface area contributed by atoms with Gasteiger partial charge in [-0.2, -0.15) is 5.10 Å². The van der Waals surface area contributed by atoms with Crippen molar-refractivity contribution < 1.29 is 14.3 Å². The highest BCUT2D eigenvalue weighted by atomic mass is 16.5. The van der Waals surface area contributed by atoms with Crippen LogP contribution in [0.5, 0.6) is 11.5 Å². The zero-order chi connectivity index (χ0) is 21.7. The third kappa shape index (κ3) is 4.99. The molecule has 158 valence electrons. The highest BCUT2D eigenvalue weighted by molar-refractivity contribution is 5.92. The molecule has 7 heteroatoms. The van der Waals surface area contributed by atoms with Crippen LogP contribution in [0.2, 0.25) is 0 Å². The number of carbonyl (C=O) groups is 1.